The van der Waals surface area contributed by atoms with Crippen molar-refractivity contribution in [2.24, 2.45) is 10.9 Å². The van der Waals surface area contributed by atoms with Crippen LogP contribution in [0.2, 0.25) is 5.02 Å². The van der Waals surface area contributed by atoms with Gasteiger partial charge in [-0.3, -0.25) is 0 Å². The third-order valence-corrected chi connectivity index (χ3v) is 2.50. The molecule has 0 unspecified atom stereocenters. The summed E-state index contributed by atoms with van der Waals surface area (Å²) in [7, 11) is 0. The maximum absolute atomic E-state index is 13.2. The highest BCUT2D eigenvalue weighted by Crippen LogP contribution is 2.29. The SMILES string of the molecule is O=C=Nc1cc(C#CC2CC2)c(Cl)cc1F. The molecule has 1 aliphatic rings. The number of aliphatic imine (C=N–C) groups is 1. The Morgan fingerprint density at radius 1 is 1.44 bits per heavy atom. The highest BCUT2D eigenvalue weighted by Gasteiger charge is 2.18. The number of hydrogen-bond acceptors (Lipinski definition) is 2. The van der Waals surface area contributed by atoms with Gasteiger partial charge in [-0.25, -0.2) is 9.18 Å². The van der Waals surface area contributed by atoms with E-state index in [1.807, 2.05) is 0 Å². The minimum Gasteiger partial charge on any atom is -0.211 e. The largest absolute Gasteiger partial charge is 0.240 e. The molecule has 0 atom stereocenters. The molecule has 80 valence electrons. The van der Waals surface area contributed by atoms with E-state index >= 15 is 0 Å². The van der Waals surface area contributed by atoms with Gasteiger partial charge in [-0.2, -0.15) is 4.99 Å². The number of isocyanates is 1. The van der Waals surface area contributed by atoms with Crippen LogP contribution in [0, 0.1) is 23.6 Å². The predicted octanol–water partition coefficient (Wildman–Crippen LogP) is 3.21. The van der Waals surface area contributed by atoms with Gasteiger partial charge in [-0.05, 0) is 25.0 Å². The molecule has 0 spiro atoms. The van der Waals surface area contributed by atoms with Gasteiger partial charge >= 0.3 is 0 Å². The third kappa shape index (κ3) is 2.49. The van der Waals surface area contributed by atoms with Crippen molar-refractivity contribution in [1.29, 1.82) is 0 Å². The molecular formula is C12H7ClFNO. The van der Waals surface area contributed by atoms with E-state index in [-0.39, 0.29) is 10.7 Å². The van der Waals surface area contributed by atoms with Crippen LogP contribution in [0.25, 0.3) is 0 Å². The minimum absolute atomic E-state index is 0.0838. The van der Waals surface area contributed by atoms with Crippen molar-refractivity contribution >= 4 is 23.4 Å². The molecule has 1 aliphatic carbocycles. The van der Waals surface area contributed by atoms with Crippen molar-refractivity contribution in [3.63, 3.8) is 0 Å². The van der Waals surface area contributed by atoms with Gasteiger partial charge in [0.25, 0.3) is 0 Å². The van der Waals surface area contributed by atoms with E-state index in [1.165, 1.54) is 12.1 Å². The first-order valence-electron chi connectivity index (χ1n) is 4.79. The summed E-state index contributed by atoms with van der Waals surface area (Å²) in [5.74, 6) is 5.65. The summed E-state index contributed by atoms with van der Waals surface area (Å²) in [6, 6.07) is 2.46. The zero-order chi connectivity index (χ0) is 11.5. The van der Waals surface area contributed by atoms with Crippen molar-refractivity contribution in [2.75, 3.05) is 0 Å². The Hall–Kier alpha value is -1.62. The Bertz CT molecular complexity index is 534. The van der Waals surface area contributed by atoms with Crippen molar-refractivity contribution in [3.8, 4) is 11.8 Å². The lowest BCUT2D eigenvalue weighted by atomic mass is 10.2. The number of hydrogen-bond donors (Lipinski definition) is 0. The van der Waals surface area contributed by atoms with Gasteiger partial charge in [0.15, 0.2) is 5.82 Å². The van der Waals surface area contributed by atoms with E-state index < -0.39 is 5.82 Å². The zero-order valence-corrected chi connectivity index (χ0v) is 9.01. The molecule has 0 amide bonds. The lowest BCUT2D eigenvalue weighted by Gasteiger charge is -1.99. The van der Waals surface area contributed by atoms with E-state index in [1.54, 1.807) is 0 Å². The molecule has 0 N–H and O–H groups in total. The molecule has 0 radical (unpaired) electrons. The van der Waals surface area contributed by atoms with Gasteiger partial charge in [-0.15, -0.1) is 0 Å². The molecule has 0 bridgehead atoms. The standard InChI is InChI=1S/C12H7ClFNO/c13-10-6-11(14)12(15-7-16)5-9(10)4-3-8-1-2-8/h5-6,8H,1-2H2. The van der Waals surface area contributed by atoms with Gasteiger partial charge in [0.2, 0.25) is 6.08 Å². The summed E-state index contributed by atoms with van der Waals surface area (Å²) in [5.41, 5.74) is 0.406. The molecule has 0 saturated heterocycles. The van der Waals surface area contributed by atoms with E-state index in [2.05, 4.69) is 16.8 Å². The lowest BCUT2D eigenvalue weighted by Crippen LogP contribution is -1.82. The third-order valence-electron chi connectivity index (χ3n) is 2.19. The summed E-state index contributed by atoms with van der Waals surface area (Å²) < 4.78 is 13.2. The molecule has 0 aromatic heterocycles. The molecule has 2 nitrogen and oxygen atoms in total. The summed E-state index contributed by atoms with van der Waals surface area (Å²) in [5, 5.41) is 0.232. The summed E-state index contributed by atoms with van der Waals surface area (Å²) in [4.78, 5) is 13.3. The second kappa shape index (κ2) is 4.49. The predicted molar refractivity (Wildman–Crippen MR) is 58.8 cm³/mol. The summed E-state index contributed by atoms with van der Waals surface area (Å²) in [6.07, 6.45) is 3.50. The fraction of sp³-hybridized carbons (Fsp3) is 0.250. The Kier molecular flexibility index (Phi) is 3.05. The van der Waals surface area contributed by atoms with Gasteiger partial charge in [0.05, 0.1) is 5.02 Å². The van der Waals surface area contributed by atoms with E-state index in [0.29, 0.717) is 11.5 Å². The molecule has 16 heavy (non-hydrogen) atoms. The van der Waals surface area contributed by atoms with Crippen LogP contribution in [-0.4, -0.2) is 6.08 Å². The highest BCUT2D eigenvalue weighted by molar-refractivity contribution is 6.31. The highest BCUT2D eigenvalue weighted by atomic mass is 35.5. The number of benzene rings is 1. The molecule has 1 aromatic carbocycles. The Balaban J connectivity index is 2.40. The molecule has 1 saturated carbocycles. The van der Waals surface area contributed by atoms with Crippen LogP contribution in [0.4, 0.5) is 10.1 Å². The fourth-order valence-electron chi connectivity index (χ4n) is 1.18. The molecule has 2 rings (SSSR count). The molecule has 1 aromatic rings. The average molecular weight is 236 g/mol. The van der Waals surface area contributed by atoms with E-state index in [9.17, 15) is 9.18 Å². The van der Waals surface area contributed by atoms with Crippen LogP contribution < -0.4 is 0 Å². The molecule has 1 fully saturated rings. The monoisotopic (exact) mass is 235 g/mol. The lowest BCUT2D eigenvalue weighted by molar-refractivity contribution is 0.564. The Morgan fingerprint density at radius 3 is 2.81 bits per heavy atom. The fourth-order valence-corrected chi connectivity index (χ4v) is 1.37. The second-order valence-electron chi connectivity index (χ2n) is 3.53. The van der Waals surface area contributed by atoms with Crippen molar-refractivity contribution in [2.45, 2.75) is 12.8 Å². The molecule has 0 heterocycles. The minimum atomic E-state index is -0.648. The van der Waals surface area contributed by atoms with Crippen molar-refractivity contribution in [3.05, 3.63) is 28.5 Å². The van der Waals surface area contributed by atoms with Crippen LogP contribution in [-0.2, 0) is 4.79 Å². The van der Waals surface area contributed by atoms with Gasteiger partial charge in [0.1, 0.15) is 5.69 Å². The van der Waals surface area contributed by atoms with Crippen LogP contribution in [0.1, 0.15) is 18.4 Å². The normalized spacial score (nSPS) is 13.6. The Morgan fingerprint density at radius 2 is 2.19 bits per heavy atom. The van der Waals surface area contributed by atoms with Crippen LogP contribution in [0.5, 0.6) is 0 Å². The van der Waals surface area contributed by atoms with Crippen molar-refractivity contribution in [1.82, 2.24) is 0 Å². The van der Waals surface area contributed by atoms with Crippen LogP contribution >= 0.6 is 11.6 Å². The van der Waals surface area contributed by atoms with Gasteiger partial charge in [0, 0.05) is 11.5 Å². The quantitative estimate of drug-likeness (QED) is 0.418. The number of carbonyl (C=O) groups excluding carboxylic acids is 1. The Labute approximate surface area is 97.1 Å². The molecular weight excluding hydrogens is 229 g/mol. The molecule has 4 heteroatoms. The first kappa shape index (κ1) is 10.9. The van der Waals surface area contributed by atoms with E-state index in [4.69, 9.17) is 11.6 Å². The zero-order valence-electron chi connectivity index (χ0n) is 8.26. The number of halogens is 2. The summed E-state index contributed by atoms with van der Waals surface area (Å²) >= 11 is 5.82. The average Bonchev–Trinajstić information content (AvgIpc) is 3.04. The maximum Gasteiger partial charge on any atom is 0.240 e. The number of nitrogens with zero attached hydrogens (tertiary/aromatic N) is 1. The second-order valence-corrected chi connectivity index (χ2v) is 3.94. The van der Waals surface area contributed by atoms with Gasteiger partial charge in [-0.1, -0.05) is 23.4 Å². The number of rotatable bonds is 1. The van der Waals surface area contributed by atoms with Crippen LogP contribution in [0.15, 0.2) is 17.1 Å². The topological polar surface area (TPSA) is 29.4 Å². The maximum atomic E-state index is 13.2. The first-order chi connectivity index (χ1) is 7.70. The summed E-state index contributed by atoms with van der Waals surface area (Å²) in [6.45, 7) is 0. The van der Waals surface area contributed by atoms with Crippen LogP contribution in [0.3, 0.4) is 0 Å². The smallest absolute Gasteiger partial charge is 0.211 e. The first-order valence-corrected chi connectivity index (χ1v) is 5.17. The van der Waals surface area contributed by atoms with E-state index in [0.717, 1.165) is 18.9 Å². The van der Waals surface area contributed by atoms with Gasteiger partial charge < -0.3 is 0 Å². The molecule has 0 aliphatic heterocycles. The van der Waals surface area contributed by atoms with Crippen molar-refractivity contribution < 1.29 is 9.18 Å².